The van der Waals surface area contributed by atoms with E-state index in [9.17, 15) is 13.2 Å². The molecule has 0 atom stereocenters. The molecule has 0 spiro atoms. The second-order valence-electron chi connectivity index (χ2n) is 6.17. The average molecular weight is 408 g/mol. The number of hydrogen-bond donors (Lipinski definition) is 3. The maximum atomic E-state index is 13.1. The summed E-state index contributed by atoms with van der Waals surface area (Å²) in [5.41, 5.74) is 8.45. The number of aryl methyl sites for hydroxylation is 1. The predicted octanol–water partition coefficient (Wildman–Crippen LogP) is 5.84. The van der Waals surface area contributed by atoms with Crippen molar-refractivity contribution in [3.8, 4) is 0 Å². The van der Waals surface area contributed by atoms with Crippen LogP contribution in [-0.2, 0) is 6.18 Å². The third-order valence-corrected chi connectivity index (χ3v) is 4.61. The van der Waals surface area contributed by atoms with Crippen LogP contribution >= 0.6 is 11.6 Å². The molecule has 0 aliphatic rings. The summed E-state index contributed by atoms with van der Waals surface area (Å²) in [6.45, 7) is 3.94. The smallest absolute Gasteiger partial charge is 0.393 e. The minimum atomic E-state index is -4.57. The topological polar surface area (TPSA) is 75.9 Å². The first-order valence-electron chi connectivity index (χ1n) is 8.24. The van der Waals surface area contributed by atoms with Crippen LogP contribution in [0.5, 0.6) is 0 Å². The molecular weight excluding hydrogens is 391 g/mol. The van der Waals surface area contributed by atoms with Crippen LogP contribution < -0.4 is 16.4 Å². The van der Waals surface area contributed by atoms with Crippen molar-refractivity contribution in [2.24, 2.45) is 0 Å². The number of nitrogen functional groups attached to an aromatic ring is 1. The molecule has 0 radical (unpaired) electrons. The molecule has 9 heteroatoms. The van der Waals surface area contributed by atoms with Gasteiger partial charge >= 0.3 is 6.18 Å². The summed E-state index contributed by atoms with van der Waals surface area (Å²) in [5.74, 6) is 0.523. The zero-order chi connectivity index (χ0) is 20.5. The van der Waals surface area contributed by atoms with Crippen molar-refractivity contribution in [2.45, 2.75) is 20.0 Å². The number of anilines is 5. The molecule has 0 aliphatic carbocycles. The maximum absolute atomic E-state index is 13.1. The first-order chi connectivity index (χ1) is 13.2. The van der Waals surface area contributed by atoms with Crippen molar-refractivity contribution >= 4 is 40.3 Å². The van der Waals surface area contributed by atoms with E-state index < -0.39 is 11.7 Å². The molecule has 0 unspecified atom stereocenters. The molecule has 0 aliphatic heterocycles. The molecule has 0 bridgehead atoms. The van der Waals surface area contributed by atoms with Gasteiger partial charge in [0.1, 0.15) is 12.0 Å². The van der Waals surface area contributed by atoms with Crippen molar-refractivity contribution in [3.63, 3.8) is 0 Å². The summed E-state index contributed by atoms with van der Waals surface area (Å²) in [5, 5.41) is 5.54. The SMILES string of the molecule is Cc1cccc(Nc2ncnc(Nc3ccc(Cl)c(C(F)(F)F)c3)c2N)c1C. The van der Waals surface area contributed by atoms with Gasteiger partial charge in [-0.2, -0.15) is 13.2 Å². The van der Waals surface area contributed by atoms with Crippen LogP contribution in [0, 0.1) is 13.8 Å². The van der Waals surface area contributed by atoms with Crippen LogP contribution in [0.4, 0.5) is 41.9 Å². The number of halogens is 4. The number of aromatic nitrogens is 2. The van der Waals surface area contributed by atoms with Crippen LogP contribution in [0.3, 0.4) is 0 Å². The Morgan fingerprint density at radius 2 is 1.68 bits per heavy atom. The Labute approximate surface area is 164 Å². The van der Waals surface area contributed by atoms with Gasteiger partial charge in [-0.25, -0.2) is 9.97 Å². The van der Waals surface area contributed by atoms with E-state index in [0.717, 1.165) is 22.9 Å². The lowest BCUT2D eigenvalue weighted by atomic mass is 10.1. The predicted molar refractivity (Wildman–Crippen MR) is 105 cm³/mol. The Hall–Kier alpha value is -3.00. The maximum Gasteiger partial charge on any atom is 0.417 e. The molecular formula is C19H17ClF3N5. The van der Waals surface area contributed by atoms with Crippen LogP contribution in [0.1, 0.15) is 16.7 Å². The Bertz CT molecular complexity index is 1020. The molecule has 3 rings (SSSR count). The number of benzene rings is 2. The zero-order valence-electron chi connectivity index (χ0n) is 15.0. The fourth-order valence-electron chi connectivity index (χ4n) is 2.57. The van der Waals surface area contributed by atoms with Crippen molar-refractivity contribution in [1.82, 2.24) is 9.97 Å². The molecule has 4 N–H and O–H groups in total. The van der Waals surface area contributed by atoms with Crippen LogP contribution in [-0.4, -0.2) is 9.97 Å². The van der Waals surface area contributed by atoms with E-state index in [1.165, 1.54) is 18.5 Å². The van der Waals surface area contributed by atoms with Gasteiger partial charge in [-0.3, -0.25) is 0 Å². The quantitative estimate of drug-likeness (QED) is 0.507. The lowest BCUT2D eigenvalue weighted by Gasteiger charge is -2.15. The summed E-state index contributed by atoms with van der Waals surface area (Å²) >= 11 is 5.65. The lowest BCUT2D eigenvalue weighted by molar-refractivity contribution is -0.137. The van der Waals surface area contributed by atoms with Gasteiger partial charge in [0.15, 0.2) is 11.6 Å². The molecule has 1 aromatic heterocycles. The summed E-state index contributed by atoms with van der Waals surface area (Å²) in [6, 6.07) is 9.24. The number of rotatable bonds is 4. The van der Waals surface area contributed by atoms with Gasteiger partial charge in [0.05, 0.1) is 10.6 Å². The number of nitrogens with two attached hydrogens (primary N) is 1. The Balaban J connectivity index is 1.91. The molecule has 5 nitrogen and oxygen atoms in total. The highest BCUT2D eigenvalue weighted by molar-refractivity contribution is 6.31. The molecule has 3 aromatic rings. The molecule has 1 heterocycles. The Morgan fingerprint density at radius 1 is 1.00 bits per heavy atom. The van der Waals surface area contributed by atoms with Gasteiger partial charge in [-0.1, -0.05) is 23.7 Å². The van der Waals surface area contributed by atoms with Gasteiger partial charge in [-0.15, -0.1) is 0 Å². The molecule has 0 fully saturated rings. The van der Waals surface area contributed by atoms with Gasteiger partial charge in [-0.05, 0) is 49.2 Å². The van der Waals surface area contributed by atoms with Gasteiger partial charge in [0.2, 0.25) is 0 Å². The number of nitrogens with zero attached hydrogens (tertiary/aromatic N) is 2. The fraction of sp³-hybridized carbons (Fsp3) is 0.158. The fourth-order valence-corrected chi connectivity index (χ4v) is 2.79. The lowest BCUT2D eigenvalue weighted by Crippen LogP contribution is -2.08. The molecule has 28 heavy (non-hydrogen) atoms. The monoisotopic (exact) mass is 407 g/mol. The number of hydrogen-bond acceptors (Lipinski definition) is 5. The van der Waals surface area contributed by atoms with Crippen molar-refractivity contribution < 1.29 is 13.2 Å². The van der Waals surface area contributed by atoms with E-state index in [2.05, 4.69) is 20.6 Å². The Kier molecular flexibility index (Phi) is 5.33. The van der Waals surface area contributed by atoms with E-state index in [1.807, 2.05) is 32.0 Å². The largest absolute Gasteiger partial charge is 0.417 e. The van der Waals surface area contributed by atoms with E-state index in [0.29, 0.717) is 5.82 Å². The first kappa shape index (κ1) is 19.8. The van der Waals surface area contributed by atoms with Crippen LogP contribution in [0.15, 0.2) is 42.7 Å². The summed E-state index contributed by atoms with van der Waals surface area (Å²) < 4.78 is 39.2. The van der Waals surface area contributed by atoms with Gasteiger partial charge in [0.25, 0.3) is 0 Å². The summed E-state index contributed by atoms with van der Waals surface area (Å²) in [7, 11) is 0. The van der Waals surface area contributed by atoms with Crippen molar-refractivity contribution in [2.75, 3.05) is 16.4 Å². The van der Waals surface area contributed by atoms with Crippen LogP contribution in [0.25, 0.3) is 0 Å². The number of nitrogens with one attached hydrogen (secondary N) is 2. The third-order valence-electron chi connectivity index (χ3n) is 4.28. The normalized spacial score (nSPS) is 11.4. The highest BCUT2D eigenvalue weighted by atomic mass is 35.5. The second kappa shape index (κ2) is 7.55. The highest BCUT2D eigenvalue weighted by Gasteiger charge is 2.33. The van der Waals surface area contributed by atoms with E-state index in [1.54, 1.807) is 0 Å². The molecule has 0 amide bonds. The minimum Gasteiger partial charge on any atom is -0.393 e. The first-order valence-corrected chi connectivity index (χ1v) is 8.62. The molecule has 0 saturated carbocycles. The van der Waals surface area contributed by atoms with Crippen molar-refractivity contribution in [1.29, 1.82) is 0 Å². The van der Waals surface area contributed by atoms with E-state index in [-0.39, 0.29) is 22.2 Å². The zero-order valence-corrected chi connectivity index (χ0v) is 15.8. The highest BCUT2D eigenvalue weighted by Crippen LogP contribution is 2.37. The van der Waals surface area contributed by atoms with Gasteiger partial charge in [0, 0.05) is 11.4 Å². The van der Waals surface area contributed by atoms with E-state index >= 15 is 0 Å². The second-order valence-corrected chi connectivity index (χ2v) is 6.58. The average Bonchev–Trinajstić information content (AvgIpc) is 2.63. The third kappa shape index (κ3) is 4.12. The summed E-state index contributed by atoms with van der Waals surface area (Å²) in [6.07, 6.45) is -3.30. The van der Waals surface area contributed by atoms with Crippen molar-refractivity contribution in [3.05, 3.63) is 64.4 Å². The Morgan fingerprint density at radius 3 is 2.36 bits per heavy atom. The summed E-state index contributed by atoms with van der Waals surface area (Å²) in [4.78, 5) is 8.16. The van der Waals surface area contributed by atoms with Crippen LogP contribution in [0.2, 0.25) is 5.02 Å². The van der Waals surface area contributed by atoms with Gasteiger partial charge < -0.3 is 16.4 Å². The number of alkyl halides is 3. The standard InChI is InChI=1S/C19H17ClF3N5/c1-10-4-3-5-15(11(10)2)28-18-16(24)17(25-9-26-18)27-12-6-7-14(20)13(8-12)19(21,22)23/h3-9H,24H2,1-2H3,(H2,25,26,27,28). The molecule has 146 valence electrons. The minimum absolute atomic E-state index is 0.153. The molecule has 0 saturated heterocycles. The van der Waals surface area contributed by atoms with E-state index in [4.69, 9.17) is 17.3 Å². The molecule has 2 aromatic carbocycles.